The van der Waals surface area contributed by atoms with Crippen LogP contribution in [0.3, 0.4) is 0 Å². The van der Waals surface area contributed by atoms with Crippen LogP contribution in [-0.4, -0.2) is 34.7 Å². The molecule has 0 amide bonds. The van der Waals surface area contributed by atoms with Gasteiger partial charge in [-0.3, -0.25) is 9.98 Å². The Morgan fingerprint density at radius 3 is 1.60 bits per heavy atom. The maximum absolute atomic E-state index is 10.0. The van der Waals surface area contributed by atoms with Crippen molar-refractivity contribution in [1.29, 1.82) is 0 Å². The molecule has 2 aromatic rings. The van der Waals surface area contributed by atoms with Crippen LogP contribution in [0.15, 0.2) is 46.4 Å². The van der Waals surface area contributed by atoms with E-state index in [1.54, 1.807) is 12.4 Å². The Morgan fingerprint density at radius 1 is 0.800 bits per heavy atom. The van der Waals surface area contributed by atoms with Crippen molar-refractivity contribution in [2.45, 2.75) is 46.2 Å². The third-order valence-electron chi connectivity index (χ3n) is 4.16. The number of hydrogen-bond donors (Lipinski definition) is 2. The number of aliphatic imine (C=N–C) groups is 2. The summed E-state index contributed by atoms with van der Waals surface area (Å²) in [6.07, 6.45) is 4.22. The molecule has 4 heteroatoms. The minimum Gasteiger partial charge on any atom is -0.507 e. The molecule has 2 atom stereocenters. The molecular formula is C21H26N2O2. The molecule has 2 aromatic carbocycles. The number of benzene rings is 2. The number of nitrogens with zero attached hydrogens (tertiary/aromatic N) is 2. The van der Waals surface area contributed by atoms with Crippen molar-refractivity contribution < 1.29 is 10.2 Å². The molecule has 0 radical (unpaired) electrons. The Hall–Kier alpha value is -2.62. The summed E-state index contributed by atoms with van der Waals surface area (Å²) in [7, 11) is 0. The van der Waals surface area contributed by atoms with Gasteiger partial charge in [0.2, 0.25) is 0 Å². The first-order valence-electron chi connectivity index (χ1n) is 8.52. The van der Waals surface area contributed by atoms with Gasteiger partial charge in [-0.05, 0) is 57.4 Å². The molecule has 0 aliphatic heterocycles. The van der Waals surface area contributed by atoms with E-state index in [-0.39, 0.29) is 23.6 Å². The molecule has 0 saturated heterocycles. The number of rotatable bonds is 6. The number of phenolic OH excluding ortho intramolecular Hbond substituents is 2. The number of para-hydroxylation sites is 2. The van der Waals surface area contributed by atoms with Crippen LogP contribution in [0.25, 0.3) is 0 Å². The lowest BCUT2D eigenvalue weighted by Crippen LogP contribution is -2.09. The lowest BCUT2D eigenvalue weighted by atomic mass is 10.1. The largest absolute Gasteiger partial charge is 0.507 e. The third-order valence-corrected chi connectivity index (χ3v) is 4.16. The van der Waals surface area contributed by atoms with Gasteiger partial charge in [-0.15, -0.1) is 0 Å². The van der Waals surface area contributed by atoms with Crippen molar-refractivity contribution in [1.82, 2.24) is 0 Å². The van der Waals surface area contributed by atoms with E-state index in [0.29, 0.717) is 0 Å². The molecule has 0 spiro atoms. The number of aryl methyl sites for hydroxylation is 2. The fourth-order valence-corrected chi connectivity index (χ4v) is 2.60. The van der Waals surface area contributed by atoms with E-state index >= 15 is 0 Å². The molecule has 0 heterocycles. The lowest BCUT2D eigenvalue weighted by Gasteiger charge is -2.11. The Labute approximate surface area is 149 Å². The van der Waals surface area contributed by atoms with Crippen LogP contribution in [-0.2, 0) is 0 Å². The highest BCUT2D eigenvalue weighted by atomic mass is 16.3. The Balaban J connectivity index is 1.96. The maximum atomic E-state index is 10.0. The Morgan fingerprint density at radius 2 is 1.20 bits per heavy atom. The highest BCUT2D eigenvalue weighted by Gasteiger charge is 2.07. The SMILES string of the molecule is Cc1cccc(C=N[C@@H](C)C[C@H](C)N=Cc2cccc(C)c2O)c1O. The zero-order chi connectivity index (χ0) is 18.4. The molecule has 4 nitrogen and oxygen atoms in total. The smallest absolute Gasteiger partial charge is 0.127 e. The Kier molecular flexibility index (Phi) is 6.34. The van der Waals surface area contributed by atoms with Gasteiger partial charge in [-0.2, -0.15) is 0 Å². The molecule has 0 aliphatic carbocycles. The number of phenols is 2. The van der Waals surface area contributed by atoms with Crippen LogP contribution in [0.1, 0.15) is 42.5 Å². The van der Waals surface area contributed by atoms with Crippen molar-refractivity contribution in [3.8, 4) is 11.5 Å². The second kappa shape index (κ2) is 8.47. The van der Waals surface area contributed by atoms with E-state index in [1.165, 1.54) is 0 Å². The summed E-state index contributed by atoms with van der Waals surface area (Å²) in [5, 5.41) is 20.0. The molecular weight excluding hydrogens is 312 g/mol. The minimum absolute atomic E-state index is 0.0816. The molecule has 0 saturated carbocycles. The van der Waals surface area contributed by atoms with Gasteiger partial charge in [0.25, 0.3) is 0 Å². The van der Waals surface area contributed by atoms with Gasteiger partial charge in [0.15, 0.2) is 0 Å². The first-order chi connectivity index (χ1) is 11.9. The standard InChI is InChI=1S/C21H26N2O2/c1-14-7-5-9-18(20(14)24)12-22-16(3)11-17(4)23-13-19-10-6-8-15(2)21(19)25/h5-10,12-13,16-17,24-25H,11H2,1-4H3/t16-,17-/m0/s1. The quantitative estimate of drug-likeness (QED) is 0.766. The second-order valence-corrected chi connectivity index (χ2v) is 6.52. The van der Waals surface area contributed by atoms with Gasteiger partial charge in [-0.25, -0.2) is 0 Å². The van der Waals surface area contributed by atoms with Crippen LogP contribution in [0, 0.1) is 13.8 Å². The van der Waals surface area contributed by atoms with Crippen LogP contribution < -0.4 is 0 Å². The van der Waals surface area contributed by atoms with E-state index in [2.05, 4.69) is 9.98 Å². The molecule has 0 fully saturated rings. The van der Waals surface area contributed by atoms with E-state index in [1.807, 2.05) is 64.1 Å². The fraction of sp³-hybridized carbons (Fsp3) is 0.333. The van der Waals surface area contributed by atoms with Crippen molar-refractivity contribution in [3.05, 3.63) is 58.7 Å². The fourth-order valence-electron chi connectivity index (χ4n) is 2.60. The first-order valence-corrected chi connectivity index (χ1v) is 8.52. The summed E-state index contributed by atoms with van der Waals surface area (Å²) < 4.78 is 0. The zero-order valence-electron chi connectivity index (χ0n) is 15.3. The van der Waals surface area contributed by atoms with Gasteiger partial charge in [0.1, 0.15) is 11.5 Å². The molecule has 0 aliphatic rings. The second-order valence-electron chi connectivity index (χ2n) is 6.52. The summed E-state index contributed by atoms with van der Waals surface area (Å²) in [6.45, 7) is 7.79. The highest BCUT2D eigenvalue weighted by molar-refractivity contribution is 5.84. The third kappa shape index (κ3) is 5.18. The summed E-state index contributed by atoms with van der Waals surface area (Å²) in [5.74, 6) is 0.555. The molecule has 2 N–H and O–H groups in total. The van der Waals surface area contributed by atoms with Gasteiger partial charge in [0, 0.05) is 35.6 Å². The van der Waals surface area contributed by atoms with Gasteiger partial charge < -0.3 is 10.2 Å². The Bertz CT molecular complexity index is 716. The summed E-state index contributed by atoms with van der Waals surface area (Å²) in [5.41, 5.74) is 3.14. The maximum Gasteiger partial charge on any atom is 0.127 e. The topological polar surface area (TPSA) is 65.2 Å². The van der Waals surface area contributed by atoms with E-state index in [0.717, 1.165) is 28.7 Å². The molecule has 0 unspecified atom stereocenters. The van der Waals surface area contributed by atoms with Gasteiger partial charge in [-0.1, -0.05) is 24.3 Å². The number of hydrogen-bond acceptors (Lipinski definition) is 4. The van der Waals surface area contributed by atoms with E-state index in [9.17, 15) is 10.2 Å². The minimum atomic E-state index is 0.0816. The summed E-state index contributed by atoms with van der Waals surface area (Å²) in [6, 6.07) is 11.4. The number of aromatic hydroxyl groups is 2. The van der Waals surface area contributed by atoms with Crippen molar-refractivity contribution in [3.63, 3.8) is 0 Å². The molecule has 0 aromatic heterocycles. The average molecular weight is 338 g/mol. The average Bonchev–Trinajstić information content (AvgIpc) is 2.57. The molecule has 132 valence electrons. The van der Waals surface area contributed by atoms with Crippen LogP contribution in [0.2, 0.25) is 0 Å². The first kappa shape index (κ1) is 18.7. The van der Waals surface area contributed by atoms with Gasteiger partial charge in [0.05, 0.1) is 0 Å². The van der Waals surface area contributed by atoms with Crippen LogP contribution in [0.5, 0.6) is 11.5 Å². The summed E-state index contributed by atoms with van der Waals surface area (Å²) in [4.78, 5) is 9.03. The monoisotopic (exact) mass is 338 g/mol. The molecule has 25 heavy (non-hydrogen) atoms. The van der Waals surface area contributed by atoms with Crippen molar-refractivity contribution in [2.24, 2.45) is 9.98 Å². The van der Waals surface area contributed by atoms with Crippen LogP contribution in [0.4, 0.5) is 0 Å². The zero-order valence-corrected chi connectivity index (χ0v) is 15.3. The predicted molar refractivity (Wildman–Crippen MR) is 104 cm³/mol. The summed E-state index contributed by atoms with van der Waals surface area (Å²) >= 11 is 0. The van der Waals surface area contributed by atoms with Gasteiger partial charge >= 0.3 is 0 Å². The van der Waals surface area contributed by atoms with E-state index < -0.39 is 0 Å². The van der Waals surface area contributed by atoms with Crippen LogP contribution >= 0.6 is 0 Å². The van der Waals surface area contributed by atoms with Crippen molar-refractivity contribution in [2.75, 3.05) is 0 Å². The molecule has 2 rings (SSSR count). The highest BCUT2D eigenvalue weighted by Crippen LogP contribution is 2.21. The van der Waals surface area contributed by atoms with E-state index in [4.69, 9.17) is 0 Å². The van der Waals surface area contributed by atoms with Crippen molar-refractivity contribution >= 4 is 12.4 Å². The molecule has 0 bridgehead atoms. The normalized spacial score (nSPS) is 14.2. The predicted octanol–water partition coefficient (Wildman–Crippen LogP) is 4.42. The lowest BCUT2D eigenvalue weighted by molar-refractivity contribution is 0.470.